The Labute approximate surface area is 206 Å². The van der Waals surface area contributed by atoms with E-state index < -0.39 is 5.60 Å². The largest absolute Gasteiger partial charge is 0.444 e. The topological polar surface area (TPSA) is 85.9 Å². The van der Waals surface area contributed by atoms with Crippen molar-refractivity contribution in [2.75, 3.05) is 32.7 Å². The summed E-state index contributed by atoms with van der Waals surface area (Å²) in [5.41, 5.74) is 0.0377. The van der Waals surface area contributed by atoms with E-state index in [0.29, 0.717) is 12.5 Å². The lowest BCUT2D eigenvalue weighted by Gasteiger charge is -2.31. The first-order valence-electron chi connectivity index (χ1n) is 10.8. The SMILES string of the molecule is CCNC(=NCC(C)(O)c1cccs1)NCC1CCN(Cc2nc(C)c(C)o2)CC1.I. The molecule has 2 aromatic rings. The fourth-order valence-corrected chi connectivity index (χ4v) is 4.40. The molecule has 0 amide bonds. The van der Waals surface area contributed by atoms with Crippen molar-refractivity contribution in [2.45, 2.75) is 52.7 Å². The van der Waals surface area contributed by atoms with Gasteiger partial charge in [-0.2, -0.15) is 0 Å². The summed E-state index contributed by atoms with van der Waals surface area (Å²) in [7, 11) is 0. The van der Waals surface area contributed by atoms with E-state index in [9.17, 15) is 5.11 Å². The average Bonchev–Trinajstić information content (AvgIpc) is 3.36. The third-order valence-corrected chi connectivity index (χ3v) is 6.76. The number of nitrogens with one attached hydrogen (secondary N) is 2. The van der Waals surface area contributed by atoms with Gasteiger partial charge in [0.05, 0.1) is 18.8 Å². The van der Waals surface area contributed by atoms with Crippen LogP contribution in [0.5, 0.6) is 0 Å². The Morgan fingerprint density at radius 2 is 2.10 bits per heavy atom. The van der Waals surface area contributed by atoms with Crippen molar-refractivity contribution in [3.63, 3.8) is 0 Å². The molecule has 2 aromatic heterocycles. The summed E-state index contributed by atoms with van der Waals surface area (Å²) in [6, 6.07) is 3.91. The van der Waals surface area contributed by atoms with Gasteiger partial charge in [0.1, 0.15) is 11.4 Å². The van der Waals surface area contributed by atoms with E-state index in [2.05, 4.69) is 32.4 Å². The van der Waals surface area contributed by atoms with E-state index in [1.54, 1.807) is 11.3 Å². The molecule has 174 valence electrons. The number of piperidine rings is 1. The molecular formula is C22H36IN5O2S. The first-order chi connectivity index (χ1) is 14.4. The molecule has 3 rings (SSSR count). The van der Waals surface area contributed by atoms with Crippen molar-refractivity contribution in [3.05, 3.63) is 39.7 Å². The van der Waals surface area contributed by atoms with Gasteiger partial charge in [-0.25, -0.2) is 9.98 Å². The minimum Gasteiger partial charge on any atom is -0.444 e. The molecule has 7 nitrogen and oxygen atoms in total. The zero-order valence-electron chi connectivity index (χ0n) is 19.0. The maximum atomic E-state index is 10.7. The third kappa shape index (κ3) is 7.73. The highest BCUT2D eigenvalue weighted by molar-refractivity contribution is 14.0. The van der Waals surface area contributed by atoms with Crippen molar-refractivity contribution in [1.82, 2.24) is 20.5 Å². The molecule has 1 fully saturated rings. The molecule has 9 heteroatoms. The Kier molecular flexibility index (Phi) is 10.2. The second kappa shape index (κ2) is 12.2. The van der Waals surface area contributed by atoms with Crippen LogP contribution in [-0.2, 0) is 12.1 Å². The molecule has 1 aliphatic rings. The predicted octanol–water partition coefficient (Wildman–Crippen LogP) is 3.65. The Morgan fingerprint density at radius 1 is 1.35 bits per heavy atom. The number of aliphatic hydroxyl groups is 1. The van der Waals surface area contributed by atoms with Crippen LogP contribution in [0, 0.1) is 19.8 Å². The number of guanidine groups is 1. The number of thiophene rings is 1. The third-order valence-electron chi connectivity index (χ3n) is 5.64. The highest BCUT2D eigenvalue weighted by Gasteiger charge is 2.24. The van der Waals surface area contributed by atoms with Crippen molar-refractivity contribution in [1.29, 1.82) is 0 Å². The van der Waals surface area contributed by atoms with Gasteiger partial charge in [0.15, 0.2) is 5.96 Å². The number of aliphatic imine (C=N–C) groups is 1. The minimum absolute atomic E-state index is 0. The zero-order chi connectivity index (χ0) is 21.6. The molecular weight excluding hydrogens is 525 g/mol. The van der Waals surface area contributed by atoms with Crippen LogP contribution < -0.4 is 10.6 Å². The molecule has 0 spiro atoms. The maximum Gasteiger partial charge on any atom is 0.208 e. The van der Waals surface area contributed by atoms with E-state index in [4.69, 9.17) is 4.42 Å². The highest BCUT2D eigenvalue weighted by Crippen LogP contribution is 2.25. The van der Waals surface area contributed by atoms with Crippen LogP contribution in [0.25, 0.3) is 0 Å². The summed E-state index contributed by atoms with van der Waals surface area (Å²) in [4.78, 5) is 12.5. The molecule has 0 bridgehead atoms. The number of likely N-dealkylation sites (tertiary alicyclic amines) is 1. The van der Waals surface area contributed by atoms with Crippen molar-refractivity contribution >= 4 is 41.3 Å². The lowest BCUT2D eigenvalue weighted by molar-refractivity contribution is 0.0711. The van der Waals surface area contributed by atoms with Crippen molar-refractivity contribution in [2.24, 2.45) is 10.9 Å². The Morgan fingerprint density at radius 3 is 2.68 bits per heavy atom. The molecule has 31 heavy (non-hydrogen) atoms. The standard InChI is InChI=1S/C22H35N5O2S.HI/c1-5-23-21(25-15-22(4,28)19-7-6-12-30-19)24-13-18-8-10-27(11-9-18)14-20-26-16(2)17(3)29-20;/h6-7,12,18,28H,5,8-11,13-15H2,1-4H3,(H2,23,24,25);1H. The predicted molar refractivity (Wildman–Crippen MR) is 137 cm³/mol. The van der Waals surface area contributed by atoms with Gasteiger partial charge in [-0.1, -0.05) is 6.07 Å². The number of hydrogen-bond acceptors (Lipinski definition) is 6. The van der Waals surface area contributed by atoms with Crippen LogP contribution in [0.4, 0.5) is 0 Å². The number of nitrogens with zero attached hydrogens (tertiary/aromatic N) is 3. The number of oxazole rings is 1. The summed E-state index contributed by atoms with van der Waals surface area (Å²) in [6.07, 6.45) is 2.27. The van der Waals surface area contributed by atoms with Crippen LogP contribution in [0.3, 0.4) is 0 Å². The van der Waals surface area contributed by atoms with Gasteiger partial charge >= 0.3 is 0 Å². The highest BCUT2D eigenvalue weighted by atomic mass is 127. The van der Waals surface area contributed by atoms with Crippen molar-refractivity contribution < 1.29 is 9.52 Å². The number of rotatable bonds is 8. The van der Waals surface area contributed by atoms with Crippen molar-refractivity contribution in [3.8, 4) is 0 Å². The number of halogens is 1. The van der Waals surface area contributed by atoms with Crippen LogP contribution in [-0.4, -0.2) is 53.7 Å². The van der Waals surface area contributed by atoms with Gasteiger partial charge < -0.3 is 20.2 Å². The molecule has 1 unspecified atom stereocenters. The first-order valence-corrected chi connectivity index (χ1v) is 11.7. The normalized spacial score (nSPS) is 17.8. The van der Waals surface area contributed by atoms with Gasteiger partial charge in [-0.05, 0) is 71.0 Å². The van der Waals surface area contributed by atoms with Crippen LogP contribution >= 0.6 is 35.3 Å². The summed E-state index contributed by atoms with van der Waals surface area (Å²) in [6.45, 7) is 12.7. The van der Waals surface area contributed by atoms with Gasteiger partial charge in [0.25, 0.3) is 0 Å². The van der Waals surface area contributed by atoms with E-state index in [1.165, 1.54) is 0 Å². The van der Waals surface area contributed by atoms with Gasteiger partial charge in [0.2, 0.25) is 5.89 Å². The molecule has 0 radical (unpaired) electrons. The van der Waals surface area contributed by atoms with E-state index in [0.717, 1.165) is 73.7 Å². The van der Waals surface area contributed by atoms with E-state index >= 15 is 0 Å². The summed E-state index contributed by atoms with van der Waals surface area (Å²) in [5.74, 6) is 3.11. The monoisotopic (exact) mass is 561 g/mol. The second-order valence-corrected chi connectivity index (χ2v) is 9.24. The fourth-order valence-electron chi connectivity index (χ4n) is 3.63. The quantitative estimate of drug-likeness (QED) is 0.259. The molecule has 0 saturated carbocycles. The fraction of sp³-hybridized carbons (Fsp3) is 0.636. The molecule has 3 N–H and O–H groups in total. The Balaban J connectivity index is 0.00000341. The van der Waals surface area contributed by atoms with E-state index in [1.807, 2.05) is 38.3 Å². The van der Waals surface area contributed by atoms with Gasteiger partial charge in [-0.15, -0.1) is 35.3 Å². The average molecular weight is 562 g/mol. The second-order valence-electron chi connectivity index (χ2n) is 8.30. The molecule has 1 saturated heterocycles. The Hall–Kier alpha value is -1.17. The lowest BCUT2D eigenvalue weighted by Crippen LogP contribution is -2.43. The lowest BCUT2D eigenvalue weighted by atomic mass is 9.97. The van der Waals surface area contributed by atoms with Gasteiger partial charge in [0, 0.05) is 18.0 Å². The summed E-state index contributed by atoms with van der Waals surface area (Å²) < 4.78 is 5.72. The summed E-state index contributed by atoms with van der Waals surface area (Å²) >= 11 is 1.56. The molecule has 0 aliphatic carbocycles. The molecule has 1 atom stereocenters. The molecule has 0 aromatic carbocycles. The van der Waals surface area contributed by atoms with Gasteiger partial charge in [-0.3, -0.25) is 4.90 Å². The first kappa shape index (κ1) is 26.1. The minimum atomic E-state index is -0.946. The molecule has 1 aliphatic heterocycles. The Bertz CT molecular complexity index is 794. The van der Waals surface area contributed by atoms with Crippen LogP contribution in [0.15, 0.2) is 26.9 Å². The zero-order valence-corrected chi connectivity index (χ0v) is 22.1. The number of aromatic nitrogens is 1. The summed E-state index contributed by atoms with van der Waals surface area (Å²) in [5, 5.41) is 19.4. The van der Waals surface area contributed by atoms with Crippen LogP contribution in [0.2, 0.25) is 0 Å². The smallest absolute Gasteiger partial charge is 0.208 e. The molecule has 3 heterocycles. The van der Waals surface area contributed by atoms with E-state index in [-0.39, 0.29) is 24.0 Å². The maximum absolute atomic E-state index is 10.7. The number of hydrogen-bond donors (Lipinski definition) is 3. The van der Waals surface area contributed by atoms with Crippen LogP contribution in [0.1, 0.15) is 48.9 Å². The number of aryl methyl sites for hydroxylation is 2.